The van der Waals surface area contributed by atoms with Crippen molar-refractivity contribution in [2.45, 2.75) is 39.0 Å². The zero-order valence-corrected chi connectivity index (χ0v) is 12.3. The number of halogens is 4. The number of quaternary nitrogens is 1. The van der Waals surface area contributed by atoms with E-state index in [0.29, 0.717) is 12.1 Å². The van der Waals surface area contributed by atoms with Crippen LogP contribution >= 0.6 is 0 Å². The SMILES string of the molecule is COc1nc(OCC(F)(F)F)c(F)cc1C[NH2+]C(C)(C)C. The van der Waals surface area contributed by atoms with E-state index < -0.39 is 24.5 Å². The molecule has 0 bridgehead atoms. The first-order valence-electron chi connectivity index (χ1n) is 6.29. The molecule has 0 fully saturated rings. The maximum Gasteiger partial charge on any atom is 0.422 e. The van der Waals surface area contributed by atoms with Gasteiger partial charge in [-0.05, 0) is 26.8 Å². The number of ether oxygens (including phenoxy) is 2. The molecule has 0 saturated heterocycles. The molecule has 0 aliphatic rings. The minimum absolute atomic E-state index is 0.0501. The third-order valence-electron chi connectivity index (χ3n) is 2.48. The van der Waals surface area contributed by atoms with E-state index in [-0.39, 0.29) is 11.4 Å². The number of nitrogens with zero attached hydrogens (tertiary/aromatic N) is 1. The highest BCUT2D eigenvalue weighted by Gasteiger charge is 2.30. The number of aromatic nitrogens is 1. The van der Waals surface area contributed by atoms with Gasteiger partial charge in [-0.25, -0.2) is 4.39 Å². The minimum Gasteiger partial charge on any atom is -0.481 e. The lowest BCUT2D eigenvalue weighted by Crippen LogP contribution is -2.92. The van der Waals surface area contributed by atoms with E-state index in [1.165, 1.54) is 7.11 Å². The van der Waals surface area contributed by atoms with Gasteiger partial charge in [-0.2, -0.15) is 18.2 Å². The Kier molecular flexibility index (Phi) is 5.38. The molecular formula is C13H19F4N2O2+. The first-order valence-corrected chi connectivity index (χ1v) is 6.29. The third kappa shape index (κ3) is 6.16. The first kappa shape index (κ1) is 17.5. The summed E-state index contributed by atoms with van der Waals surface area (Å²) in [6.07, 6.45) is -4.56. The quantitative estimate of drug-likeness (QED) is 0.847. The van der Waals surface area contributed by atoms with Gasteiger partial charge in [0.15, 0.2) is 12.4 Å². The predicted octanol–water partition coefficient (Wildman–Crippen LogP) is 2.03. The van der Waals surface area contributed by atoms with E-state index >= 15 is 0 Å². The van der Waals surface area contributed by atoms with Gasteiger partial charge in [0.1, 0.15) is 6.54 Å². The van der Waals surface area contributed by atoms with Gasteiger partial charge >= 0.3 is 6.18 Å². The number of methoxy groups -OCH3 is 1. The molecule has 8 heteroatoms. The van der Waals surface area contributed by atoms with Gasteiger partial charge in [0.25, 0.3) is 5.88 Å². The summed E-state index contributed by atoms with van der Waals surface area (Å²) in [5.41, 5.74) is 0.358. The Bertz CT molecular complexity index is 484. The predicted molar refractivity (Wildman–Crippen MR) is 67.7 cm³/mol. The normalized spacial score (nSPS) is 12.4. The number of rotatable bonds is 5. The van der Waals surface area contributed by atoms with Crippen molar-refractivity contribution in [1.29, 1.82) is 0 Å². The number of nitrogens with two attached hydrogens (primary N) is 1. The average molecular weight is 311 g/mol. The molecule has 1 aromatic heterocycles. The van der Waals surface area contributed by atoms with E-state index in [0.717, 1.165) is 6.07 Å². The molecule has 0 aromatic carbocycles. The summed E-state index contributed by atoms with van der Waals surface area (Å²) >= 11 is 0. The van der Waals surface area contributed by atoms with E-state index in [1.54, 1.807) is 0 Å². The first-order chi connectivity index (χ1) is 9.52. The molecule has 120 valence electrons. The zero-order chi connectivity index (χ0) is 16.3. The fraction of sp³-hybridized carbons (Fsp3) is 0.615. The molecule has 4 nitrogen and oxygen atoms in total. The summed E-state index contributed by atoms with van der Waals surface area (Å²) in [5, 5.41) is 1.93. The van der Waals surface area contributed by atoms with Gasteiger partial charge in [-0.3, -0.25) is 0 Å². The van der Waals surface area contributed by atoms with Crippen LogP contribution < -0.4 is 14.8 Å². The minimum atomic E-state index is -4.56. The van der Waals surface area contributed by atoms with Gasteiger partial charge in [-0.1, -0.05) is 0 Å². The second kappa shape index (κ2) is 6.46. The molecule has 0 atom stereocenters. The van der Waals surface area contributed by atoms with Crippen molar-refractivity contribution in [3.63, 3.8) is 0 Å². The molecule has 0 amide bonds. The molecule has 2 N–H and O–H groups in total. The summed E-state index contributed by atoms with van der Waals surface area (Å²) in [4.78, 5) is 3.66. The molecule has 0 unspecified atom stereocenters. The van der Waals surface area contributed by atoms with E-state index in [1.807, 2.05) is 26.1 Å². The molecule has 1 rings (SSSR count). The second-order valence-corrected chi connectivity index (χ2v) is 5.62. The van der Waals surface area contributed by atoms with Crippen LogP contribution in [0.25, 0.3) is 0 Å². The maximum absolute atomic E-state index is 13.7. The number of pyridine rings is 1. The van der Waals surface area contributed by atoms with Gasteiger partial charge < -0.3 is 14.8 Å². The summed E-state index contributed by atoms with van der Waals surface area (Å²) in [6, 6.07) is 1.08. The lowest BCUT2D eigenvalue weighted by molar-refractivity contribution is -0.731. The van der Waals surface area contributed by atoms with Crippen LogP contribution in [0.15, 0.2) is 6.07 Å². The number of hydrogen-bond donors (Lipinski definition) is 1. The Morgan fingerprint density at radius 3 is 2.29 bits per heavy atom. The Balaban J connectivity index is 2.91. The summed E-state index contributed by atoms with van der Waals surface area (Å²) in [7, 11) is 1.31. The van der Waals surface area contributed by atoms with Gasteiger partial charge in [0.05, 0.1) is 18.2 Å². The van der Waals surface area contributed by atoms with Gasteiger partial charge in [0.2, 0.25) is 5.88 Å². The molecule has 1 aromatic rings. The number of alkyl halides is 3. The fourth-order valence-electron chi connectivity index (χ4n) is 1.48. The number of hydrogen-bond acceptors (Lipinski definition) is 3. The Hall–Kier alpha value is -1.57. The standard InChI is InChI=1S/C13H18F4N2O2/c1-12(2,3)18-6-8-5-9(14)11(19-10(8)20-4)21-7-13(15,16)17/h5,18H,6-7H2,1-4H3/p+1. The van der Waals surface area contributed by atoms with Gasteiger partial charge in [-0.15, -0.1) is 0 Å². The molecule has 0 aliphatic heterocycles. The van der Waals surface area contributed by atoms with E-state index in [4.69, 9.17) is 4.74 Å². The van der Waals surface area contributed by atoms with Crippen LogP contribution in [0, 0.1) is 5.82 Å². The van der Waals surface area contributed by atoms with Crippen molar-refractivity contribution in [3.05, 3.63) is 17.4 Å². The van der Waals surface area contributed by atoms with Crippen molar-refractivity contribution in [2.24, 2.45) is 0 Å². The molecule has 0 saturated carbocycles. The maximum atomic E-state index is 13.7. The van der Waals surface area contributed by atoms with Crippen LogP contribution in [0.5, 0.6) is 11.8 Å². The second-order valence-electron chi connectivity index (χ2n) is 5.62. The highest BCUT2D eigenvalue weighted by molar-refractivity contribution is 5.31. The molecular weight excluding hydrogens is 292 g/mol. The lowest BCUT2D eigenvalue weighted by Gasteiger charge is -2.18. The Morgan fingerprint density at radius 1 is 1.19 bits per heavy atom. The molecule has 1 heterocycles. The van der Waals surface area contributed by atoms with Crippen LogP contribution in [-0.2, 0) is 6.54 Å². The van der Waals surface area contributed by atoms with Crippen molar-refractivity contribution in [3.8, 4) is 11.8 Å². The molecule has 21 heavy (non-hydrogen) atoms. The fourth-order valence-corrected chi connectivity index (χ4v) is 1.48. The monoisotopic (exact) mass is 311 g/mol. The van der Waals surface area contributed by atoms with Crippen LogP contribution in [-0.4, -0.2) is 30.4 Å². The average Bonchev–Trinajstić information content (AvgIpc) is 2.33. The molecule has 0 aliphatic carbocycles. The van der Waals surface area contributed by atoms with E-state index in [2.05, 4.69) is 9.72 Å². The zero-order valence-electron chi connectivity index (χ0n) is 12.3. The van der Waals surface area contributed by atoms with Crippen LogP contribution in [0.3, 0.4) is 0 Å². The van der Waals surface area contributed by atoms with Crippen molar-refractivity contribution in [1.82, 2.24) is 4.98 Å². The van der Waals surface area contributed by atoms with Crippen molar-refractivity contribution < 1.29 is 32.4 Å². The summed E-state index contributed by atoms with van der Waals surface area (Å²) < 4.78 is 59.3. The lowest BCUT2D eigenvalue weighted by atomic mass is 10.1. The highest BCUT2D eigenvalue weighted by Crippen LogP contribution is 2.25. The Morgan fingerprint density at radius 2 is 1.81 bits per heavy atom. The Labute approximate surface area is 120 Å². The van der Waals surface area contributed by atoms with Crippen molar-refractivity contribution in [2.75, 3.05) is 13.7 Å². The van der Waals surface area contributed by atoms with Gasteiger partial charge in [0, 0.05) is 0 Å². The largest absolute Gasteiger partial charge is 0.481 e. The smallest absolute Gasteiger partial charge is 0.422 e. The van der Waals surface area contributed by atoms with Crippen molar-refractivity contribution >= 4 is 0 Å². The van der Waals surface area contributed by atoms with E-state index in [9.17, 15) is 17.6 Å². The molecule has 0 radical (unpaired) electrons. The highest BCUT2D eigenvalue weighted by atomic mass is 19.4. The van der Waals surface area contributed by atoms with Crippen LogP contribution in [0.1, 0.15) is 26.3 Å². The van der Waals surface area contributed by atoms with Crippen LogP contribution in [0.4, 0.5) is 17.6 Å². The molecule has 0 spiro atoms. The third-order valence-corrected chi connectivity index (χ3v) is 2.48. The summed E-state index contributed by atoms with van der Waals surface area (Å²) in [6.45, 7) is 4.71. The topological polar surface area (TPSA) is 48.0 Å². The van der Waals surface area contributed by atoms with Crippen LogP contribution in [0.2, 0.25) is 0 Å². The summed E-state index contributed by atoms with van der Waals surface area (Å²) in [5.74, 6) is -1.62.